The number of rotatable bonds is 5. The van der Waals surface area contributed by atoms with Crippen LogP contribution in [0.2, 0.25) is 0 Å². The largest absolute Gasteiger partial charge is 0.444 e. The molecular formula is C18H18FN5O2. The molecule has 0 atom stereocenters. The lowest BCUT2D eigenvalue weighted by Crippen LogP contribution is -2.29. The maximum absolute atomic E-state index is 13.0. The van der Waals surface area contributed by atoms with Crippen molar-refractivity contribution in [1.29, 1.82) is 0 Å². The van der Waals surface area contributed by atoms with Crippen molar-refractivity contribution in [2.45, 2.75) is 19.4 Å². The summed E-state index contributed by atoms with van der Waals surface area (Å²) in [5.74, 6) is -0.0776. The third-order valence-electron chi connectivity index (χ3n) is 4.33. The van der Waals surface area contributed by atoms with Gasteiger partial charge in [0.05, 0.1) is 5.69 Å². The van der Waals surface area contributed by atoms with E-state index in [1.807, 2.05) is 0 Å². The second-order valence-corrected chi connectivity index (χ2v) is 6.11. The molecule has 3 N–H and O–H groups in total. The van der Waals surface area contributed by atoms with Crippen molar-refractivity contribution in [3.63, 3.8) is 0 Å². The molecule has 1 aliphatic heterocycles. The molecule has 8 heteroatoms. The van der Waals surface area contributed by atoms with Crippen molar-refractivity contribution in [3.05, 3.63) is 59.0 Å². The lowest BCUT2D eigenvalue weighted by Gasteiger charge is -2.12. The number of H-pyrrole nitrogens is 1. The molecule has 0 saturated heterocycles. The molecule has 0 fully saturated rings. The molecule has 26 heavy (non-hydrogen) atoms. The number of carbonyl (C=O) groups excluding carboxylic acids is 1. The highest BCUT2D eigenvalue weighted by molar-refractivity contribution is 5.94. The molecule has 0 spiro atoms. The van der Waals surface area contributed by atoms with Crippen molar-refractivity contribution in [2.24, 2.45) is 0 Å². The summed E-state index contributed by atoms with van der Waals surface area (Å²) < 4.78 is 18.4. The smallest absolute Gasteiger partial charge is 0.272 e. The number of oxazole rings is 1. The number of aromatic nitrogens is 3. The van der Waals surface area contributed by atoms with Gasteiger partial charge in [-0.05, 0) is 24.3 Å². The van der Waals surface area contributed by atoms with E-state index in [4.69, 9.17) is 4.42 Å². The lowest BCUT2D eigenvalue weighted by molar-refractivity contribution is 0.0948. The highest BCUT2D eigenvalue weighted by Gasteiger charge is 2.21. The highest BCUT2D eigenvalue weighted by atomic mass is 19.1. The number of benzene rings is 1. The summed E-state index contributed by atoms with van der Waals surface area (Å²) >= 11 is 0. The van der Waals surface area contributed by atoms with Crippen molar-refractivity contribution < 1.29 is 13.6 Å². The van der Waals surface area contributed by atoms with E-state index in [0.717, 1.165) is 29.9 Å². The van der Waals surface area contributed by atoms with Gasteiger partial charge in [0.25, 0.3) is 5.91 Å². The SMILES string of the molecule is O=C(NCCc1coc(-c2ccc(F)cc2)n1)c1n[nH]c2c1CNCC2. The van der Waals surface area contributed by atoms with Crippen LogP contribution in [0.5, 0.6) is 0 Å². The molecule has 3 heterocycles. The summed E-state index contributed by atoms with van der Waals surface area (Å²) in [6.45, 7) is 1.96. The van der Waals surface area contributed by atoms with Crippen LogP contribution in [0, 0.1) is 5.82 Å². The van der Waals surface area contributed by atoms with Gasteiger partial charge in [0, 0.05) is 49.3 Å². The Balaban J connectivity index is 1.34. The van der Waals surface area contributed by atoms with Gasteiger partial charge in [-0.2, -0.15) is 5.10 Å². The Labute approximate surface area is 149 Å². The Bertz CT molecular complexity index is 916. The first-order valence-corrected chi connectivity index (χ1v) is 8.46. The molecule has 4 rings (SSSR count). The molecule has 0 unspecified atom stereocenters. The fourth-order valence-electron chi connectivity index (χ4n) is 2.95. The summed E-state index contributed by atoms with van der Waals surface area (Å²) in [6.07, 6.45) is 2.92. The van der Waals surface area contributed by atoms with E-state index < -0.39 is 0 Å². The third kappa shape index (κ3) is 3.36. The zero-order valence-electron chi connectivity index (χ0n) is 14.0. The predicted octanol–water partition coefficient (Wildman–Crippen LogP) is 1.82. The summed E-state index contributed by atoms with van der Waals surface area (Å²) in [5, 5.41) is 13.2. The van der Waals surface area contributed by atoms with Gasteiger partial charge in [0.2, 0.25) is 5.89 Å². The molecule has 0 radical (unpaired) electrons. The van der Waals surface area contributed by atoms with Crippen molar-refractivity contribution in [2.75, 3.05) is 13.1 Å². The maximum atomic E-state index is 13.0. The second-order valence-electron chi connectivity index (χ2n) is 6.11. The van der Waals surface area contributed by atoms with Crippen LogP contribution in [0.3, 0.4) is 0 Å². The average Bonchev–Trinajstić information content (AvgIpc) is 3.29. The van der Waals surface area contributed by atoms with Gasteiger partial charge in [-0.1, -0.05) is 0 Å². The number of amides is 1. The summed E-state index contributed by atoms with van der Waals surface area (Å²) in [4.78, 5) is 16.7. The number of fused-ring (bicyclic) bond motifs is 1. The van der Waals surface area contributed by atoms with Gasteiger partial charge in [0.1, 0.15) is 12.1 Å². The van der Waals surface area contributed by atoms with Gasteiger partial charge in [-0.25, -0.2) is 9.37 Å². The Morgan fingerprint density at radius 2 is 2.15 bits per heavy atom. The van der Waals surface area contributed by atoms with Crippen LogP contribution < -0.4 is 10.6 Å². The third-order valence-corrected chi connectivity index (χ3v) is 4.33. The number of hydrogen-bond donors (Lipinski definition) is 3. The standard InChI is InChI=1S/C18H18FN5O2/c19-12-3-1-11(2-4-12)18-22-13(10-26-18)5-8-21-17(25)16-14-9-20-7-6-15(14)23-24-16/h1-4,10,20H,5-9H2,(H,21,25)(H,23,24). The molecule has 1 aromatic carbocycles. The van der Waals surface area contributed by atoms with E-state index in [0.29, 0.717) is 36.7 Å². The Morgan fingerprint density at radius 3 is 3.00 bits per heavy atom. The highest BCUT2D eigenvalue weighted by Crippen LogP contribution is 2.19. The number of nitrogens with one attached hydrogen (secondary N) is 3. The first-order chi connectivity index (χ1) is 12.7. The first-order valence-electron chi connectivity index (χ1n) is 8.46. The monoisotopic (exact) mass is 355 g/mol. The average molecular weight is 355 g/mol. The summed E-state index contributed by atoms with van der Waals surface area (Å²) in [6, 6.07) is 5.95. The van der Waals surface area contributed by atoms with E-state index in [1.165, 1.54) is 12.1 Å². The molecule has 7 nitrogen and oxygen atoms in total. The summed E-state index contributed by atoms with van der Waals surface area (Å²) in [5.41, 5.74) is 3.83. The maximum Gasteiger partial charge on any atom is 0.272 e. The van der Waals surface area contributed by atoms with Crippen LogP contribution in [-0.4, -0.2) is 34.2 Å². The molecule has 1 amide bonds. The van der Waals surface area contributed by atoms with Crippen molar-refractivity contribution in [3.8, 4) is 11.5 Å². The van der Waals surface area contributed by atoms with E-state index in [-0.39, 0.29) is 11.7 Å². The first kappa shape index (κ1) is 16.5. The van der Waals surface area contributed by atoms with Gasteiger partial charge < -0.3 is 15.1 Å². The fourth-order valence-corrected chi connectivity index (χ4v) is 2.95. The van der Waals surface area contributed by atoms with Crippen LogP contribution >= 0.6 is 0 Å². The summed E-state index contributed by atoms with van der Waals surface area (Å²) in [7, 11) is 0. The van der Waals surface area contributed by atoms with E-state index in [1.54, 1.807) is 18.4 Å². The normalized spacial score (nSPS) is 13.4. The molecule has 134 valence electrons. The number of nitrogens with zero attached hydrogens (tertiary/aromatic N) is 2. The van der Waals surface area contributed by atoms with E-state index in [2.05, 4.69) is 25.8 Å². The Morgan fingerprint density at radius 1 is 1.31 bits per heavy atom. The van der Waals surface area contributed by atoms with Gasteiger partial charge in [-0.3, -0.25) is 9.89 Å². The number of aromatic amines is 1. The van der Waals surface area contributed by atoms with Crippen LogP contribution in [0.15, 0.2) is 34.9 Å². The number of carbonyl (C=O) groups is 1. The molecule has 1 aliphatic rings. The topological polar surface area (TPSA) is 95.8 Å². The van der Waals surface area contributed by atoms with Crippen molar-refractivity contribution in [1.82, 2.24) is 25.8 Å². The fraction of sp³-hybridized carbons (Fsp3) is 0.278. The predicted molar refractivity (Wildman–Crippen MR) is 91.9 cm³/mol. The van der Waals surface area contributed by atoms with Gasteiger partial charge >= 0.3 is 0 Å². The Kier molecular flexibility index (Phi) is 4.49. The zero-order chi connectivity index (χ0) is 17.9. The minimum atomic E-state index is -0.306. The molecular weight excluding hydrogens is 337 g/mol. The van der Waals surface area contributed by atoms with Crippen LogP contribution in [0.25, 0.3) is 11.5 Å². The van der Waals surface area contributed by atoms with Crippen LogP contribution in [-0.2, 0) is 19.4 Å². The zero-order valence-corrected chi connectivity index (χ0v) is 14.0. The second kappa shape index (κ2) is 7.09. The number of halogens is 1. The minimum Gasteiger partial charge on any atom is -0.444 e. The van der Waals surface area contributed by atoms with E-state index >= 15 is 0 Å². The van der Waals surface area contributed by atoms with Crippen LogP contribution in [0.1, 0.15) is 27.4 Å². The van der Waals surface area contributed by atoms with Crippen molar-refractivity contribution >= 4 is 5.91 Å². The molecule has 0 saturated carbocycles. The van der Waals surface area contributed by atoms with E-state index in [9.17, 15) is 9.18 Å². The Hall–Kier alpha value is -3.00. The number of hydrogen-bond acceptors (Lipinski definition) is 5. The molecule has 0 aliphatic carbocycles. The molecule has 2 aromatic heterocycles. The van der Waals surface area contributed by atoms with Crippen LogP contribution in [0.4, 0.5) is 4.39 Å². The van der Waals surface area contributed by atoms with Gasteiger partial charge in [-0.15, -0.1) is 0 Å². The lowest BCUT2D eigenvalue weighted by atomic mass is 10.1. The molecule has 0 bridgehead atoms. The quantitative estimate of drug-likeness (QED) is 0.649. The molecule has 3 aromatic rings. The minimum absolute atomic E-state index is 0.201. The van der Waals surface area contributed by atoms with Gasteiger partial charge in [0.15, 0.2) is 5.69 Å².